The SMILES string of the molecule is CNCc1nc(C(=O)NC(C)c2ccc(Br)cc2)co1. The summed E-state index contributed by atoms with van der Waals surface area (Å²) in [7, 11) is 1.79. The van der Waals surface area contributed by atoms with Crippen LogP contribution >= 0.6 is 15.9 Å². The van der Waals surface area contributed by atoms with E-state index in [0.29, 0.717) is 18.1 Å². The molecule has 0 bridgehead atoms. The highest BCUT2D eigenvalue weighted by Crippen LogP contribution is 2.17. The van der Waals surface area contributed by atoms with Crippen molar-refractivity contribution in [2.75, 3.05) is 7.05 Å². The number of nitrogens with one attached hydrogen (secondary N) is 2. The molecule has 1 aromatic carbocycles. The summed E-state index contributed by atoms with van der Waals surface area (Å²) in [5, 5.41) is 5.81. The zero-order valence-electron chi connectivity index (χ0n) is 11.3. The Bertz CT molecular complexity index is 580. The van der Waals surface area contributed by atoms with Gasteiger partial charge in [-0.1, -0.05) is 28.1 Å². The van der Waals surface area contributed by atoms with E-state index in [1.54, 1.807) is 7.05 Å². The third-order valence-electron chi connectivity index (χ3n) is 2.83. The van der Waals surface area contributed by atoms with Crippen LogP contribution in [-0.4, -0.2) is 17.9 Å². The van der Waals surface area contributed by atoms with Gasteiger partial charge in [-0.05, 0) is 31.7 Å². The minimum atomic E-state index is -0.244. The molecule has 0 aliphatic rings. The number of carbonyl (C=O) groups is 1. The molecule has 1 heterocycles. The van der Waals surface area contributed by atoms with E-state index in [-0.39, 0.29) is 11.9 Å². The van der Waals surface area contributed by atoms with Gasteiger partial charge in [-0.15, -0.1) is 0 Å². The maximum Gasteiger partial charge on any atom is 0.273 e. The van der Waals surface area contributed by atoms with Crippen molar-refractivity contribution in [3.05, 3.63) is 52.1 Å². The van der Waals surface area contributed by atoms with E-state index >= 15 is 0 Å². The molecule has 0 spiro atoms. The lowest BCUT2D eigenvalue weighted by molar-refractivity contribution is 0.0935. The van der Waals surface area contributed by atoms with E-state index in [1.807, 2.05) is 31.2 Å². The zero-order chi connectivity index (χ0) is 14.5. The first-order chi connectivity index (χ1) is 9.60. The molecule has 2 aromatic rings. The second-order valence-electron chi connectivity index (χ2n) is 4.40. The monoisotopic (exact) mass is 337 g/mol. The third-order valence-corrected chi connectivity index (χ3v) is 3.36. The molecule has 1 aromatic heterocycles. The van der Waals surface area contributed by atoms with E-state index in [9.17, 15) is 4.79 Å². The highest BCUT2D eigenvalue weighted by atomic mass is 79.9. The topological polar surface area (TPSA) is 67.2 Å². The van der Waals surface area contributed by atoms with Gasteiger partial charge in [0.1, 0.15) is 6.26 Å². The summed E-state index contributed by atoms with van der Waals surface area (Å²) in [6, 6.07) is 7.72. The van der Waals surface area contributed by atoms with Gasteiger partial charge in [-0.25, -0.2) is 4.98 Å². The molecule has 0 fully saturated rings. The van der Waals surface area contributed by atoms with Crippen LogP contribution in [-0.2, 0) is 6.54 Å². The number of hydrogen-bond acceptors (Lipinski definition) is 4. The van der Waals surface area contributed by atoms with Crippen LogP contribution in [0.15, 0.2) is 39.4 Å². The third kappa shape index (κ3) is 3.68. The van der Waals surface area contributed by atoms with Crippen LogP contribution in [0.5, 0.6) is 0 Å². The Morgan fingerprint density at radius 1 is 1.40 bits per heavy atom. The highest BCUT2D eigenvalue weighted by molar-refractivity contribution is 9.10. The van der Waals surface area contributed by atoms with Gasteiger partial charge in [-0.3, -0.25) is 4.79 Å². The molecule has 0 radical (unpaired) electrons. The standard InChI is InChI=1S/C14H16BrN3O2/c1-9(10-3-5-11(15)6-4-10)17-14(19)12-8-20-13(18-12)7-16-2/h3-6,8-9,16H,7H2,1-2H3,(H,17,19). The van der Waals surface area contributed by atoms with Crippen LogP contribution in [0.25, 0.3) is 0 Å². The number of nitrogens with zero attached hydrogens (tertiary/aromatic N) is 1. The van der Waals surface area contributed by atoms with E-state index in [1.165, 1.54) is 6.26 Å². The molecule has 0 saturated carbocycles. The number of oxazole rings is 1. The van der Waals surface area contributed by atoms with Gasteiger partial charge < -0.3 is 15.1 Å². The fraction of sp³-hybridized carbons (Fsp3) is 0.286. The molecule has 0 aliphatic heterocycles. The van der Waals surface area contributed by atoms with Gasteiger partial charge in [0, 0.05) is 4.47 Å². The first-order valence-electron chi connectivity index (χ1n) is 6.25. The second-order valence-corrected chi connectivity index (χ2v) is 5.32. The first-order valence-corrected chi connectivity index (χ1v) is 7.04. The van der Waals surface area contributed by atoms with Crippen molar-refractivity contribution in [2.24, 2.45) is 0 Å². The van der Waals surface area contributed by atoms with Crippen LogP contribution in [0.1, 0.15) is 34.9 Å². The Morgan fingerprint density at radius 3 is 2.75 bits per heavy atom. The normalized spacial score (nSPS) is 12.2. The first kappa shape index (κ1) is 14.7. The molecule has 1 atom stereocenters. The van der Waals surface area contributed by atoms with Gasteiger partial charge in [-0.2, -0.15) is 0 Å². The van der Waals surface area contributed by atoms with Gasteiger partial charge in [0.25, 0.3) is 5.91 Å². The smallest absolute Gasteiger partial charge is 0.273 e. The fourth-order valence-electron chi connectivity index (χ4n) is 1.75. The maximum atomic E-state index is 12.0. The van der Waals surface area contributed by atoms with E-state index < -0.39 is 0 Å². The average Bonchev–Trinajstić information content (AvgIpc) is 2.88. The number of halogens is 1. The summed E-state index contributed by atoms with van der Waals surface area (Å²) in [6.07, 6.45) is 1.37. The molecule has 5 nitrogen and oxygen atoms in total. The molecule has 106 valence electrons. The molecule has 0 aliphatic carbocycles. The predicted octanol–water partition coefficient (Wildman–Crippen LogP) is 2.65. The fourth-order valence-corrected chi connectivity index (χ4v) is 2.02. The van der Waals surface area contributed by atoms with Crippen molar-refractivity contribution in [1.29, 1.82) is 0 Å². The molecule has 1 amide bonds. The Balaban J connectivity index is 2.01. The van der Waals surface area contributed by atoms with Crippen molar-refractivity contribution in [3.8, 4) is 0 Å². The van der Waals surface area contributed by atoms with E-state index in [2.05, 4.69) is 31.5 Å². The van der Waals surface area contributed by atoms with Crippen LogP contribution < -0.4 is 10.6 Å². The molecule has 2 rings (SSSR count). The van der Waals surface area contributed by atoms with Gasteiger partial charge in [0.2, 0.25) is 5.89 Å². The van der Waals surface area contributed by atoms with Crippen molar-refractivity contribution >= 4 is 21.8 Å². The summed E-state index contributed by atoms with van der Waals surface area (Å²) in [5.41, 5.74) is 1.32. The molecule has 6 heteroatoms. The van der Waals surface area contributed by atoms with Crippen LogP contribution in [0.2, 0.25) is 0 Å². The highest BCUT2D eigenvalue weighted by Gasteiger charge is 2.15. The Kier molecular flexibility index (Phi) is 4.92. The van der Waals surface area contributed by atoms with Crippen LogP contribution in [0, 0.1) is 0 Å². The summed E-state index contributed by atoms with van der Waals surface area (Å²) in [6.45, 7) is 2.42. The van der Waals surface area contributed by atoms with Crippen molar-refractivity contribution in [2.45, 2.75) is 19.5 Å². The Morgan fingerprint density at radius 2 is 2.10 bits per heavy atom. The minimum absolute atomic E-state index is 0.0972. The van der Waals surface area contributed by atoms with Crippen LogP contribution in [0.3, 0.4) is 0 Å². The van der Waals surface area contributed by atoms with Crippen LogP contribution in [0.4, 0.5) is 0 Å². The number of benzene rings is 1. The number of aromatic nitrogens is 1. The van der Waals surface area contributed by atoms with Crippen molar-refractivity contribution in [1.82, 2.24) is 15.6 Å². The summed E-state index contributed by atoms with van der Waals surface area (Å²) in [5.74, 6) is 0.250. The number of hydrogen-bond donors (Lipinski definition) is 2. The lowest BCUT2D eigenvalue weighted by Crippen LogP contribution is -2.27. The molecule has 1 unspecified atom stereocenters. The zero-order valence-corrected chi connectivity index (χ0v) is 12.9. The summed E-state index contributed by atoms with van der Waals surface area (Å²) in [4.78, 5) is 16.2. The minimum Gasteiger partial charge on any atom is -0.447 e. The Labute approximate surface area is 125 Å². The number of amides is 1. The second kappa shape index (κ2) is 6.67. The van der Waals surface area contributed by atoms with E-state index in [0.717, 1.165) is 10.0 Å². The molecule has 20 heavy (non-hydrogen) atoms. The largest absolute Gasteiger partial charge is 0.447 e. The molecule has 0 saturated heterocycles. The lowest BCUT2D eigenvalue weighted by atomic mass is 10.1. The Hall–Kier alpha value is -1.66. The van der Waals surface area contributed by atoms with Gasteiger partial charge >= 0.3 is 0 Å². The summed E-state index contributed by atoms with van der Waals surface area (Å²) < 4.78 is 6.20. The predicted molar refractivity (Wildman–Crippen MR) is 79.3 cm³/mol. The van der Waals surface area contributed by atoms with Gasteiger partial charge in [0.15, 0.2) is 5.69 Å². The van der Waals surface area contributed by atoms with Crippen molar-refractivity contribution < 1.29 is 9.21 Å². The number of carbonyl (C=O) groups excluding carboxylic acids is 1. The van der Waals surface area contributed by atoms with Crippen molar-refractivity contribution in [3.63, 3.8) is 0 Å². The number of rotatable bonds is 5. The lowest BCUT2D eigenvalue weighted by Gasteiger charge is -2.13. The van der Waals surface area contributed by atoms with Gasteiger partial charge in [0.05, 0.1) is 12.6 Å². The quantitative estimate of drug-likeness (QED) is 0.880. The maximum absolute atomic E-state index is 12.0. The van der Waals surface area contributed by atoms with E-state index in [4.69, 9.17) is 4.42 Å². The molecule has 2 N–H and O–H groups in total. The summed E-state index contributed by atoms with van der Waals surface area (Å²) >= 11 is 3.38. The average molecular weight is 338 g/mol. The molecular formula is C14H16BrN3O2. The molecular weight excluding hydrogens is 322 g/mol.